The fourth-order valence-electron chi connectivity index (χ4n) is 2.58. The van der Waals surface area contributed by atoms with Gasteiger partial charge in [-0.05, 0) is 12.8 Å². The van der Waals surface area contributed by atoms with Crippen LogP contribution in [0.25, 0.3) is 0 Å². The van der Waals surface area contributed by atoms with Crippen molar-refractivity contribution in [2.24, 2.45) is 21.7 Å². The van der Waals surface area contributed by atoms with E-state index in [4.69, 9.17) is 19.3 Å². The summed E-state index contributed by atoms with van der Waals surface area (Å²) in [6, 6.07) is 0. The maximum atomic E-state index is 9.28. The summed E-state index contributed by atoms with van der Waals surface area (Å²) in [5.74, 6) is 0. The lowest BCUT2D eigenvalue weighted by atomic mass is 9.86. The largest absolute Gasteiger partial charge is 0.396 e. The van der Waals surface area contributed by atoms with Crippen molar-refractivity contribution >= 4 is 0 Å². The number of aliphatic hydroxyl groups excluding tert-OH is 5. The van der Waals surface area contributed by atoms with Gasteiger partial charge in [0.2, 0.25) is 0 Å². The highest BCUT2D eigenvalue weighted by atomic mass is 16.7. The first-order chi connectivity index (χ1) is 13.9. The first-order valence-electron chi connectivity index (χ1n) is 10.8. The first kappa shape index (κ1) is 32.9. The number of hydrogen-bond donors (Lipinski definition) is 5. The molecule has 31 heavy (non-hydrogen) atoms. The van der Waals surface area contributed by atoms with E-state index in [1.807, 2.05) is 41.5 Å². The maximum absolute atomic E-state index is 9.28. The molecule has 0 unspecified atom stereocenters. The van der Waals surface area contributed by atoms with Crippen molar-refractivity contribution in [3.63, 3.8) is 0 Å². The predicted octanol–water partition coefficient (Wildman–Crippen LogP) is 2.05. The minimum atomic E-state index is -0.550. The molecule has 0 amide bonds. The van der Waals surface area contributed by atoms with Crippen molar-refractivity contribution in [3.8, 4) is 0 Å². The van der Waals surface area contributed by atoms with Gasteiger partial charge in [0.15, 0.2) is 6.29 Å². The molecule has 0 aromatic heterocycles. The monoisotopic (exact) mass is 456 g/mol. The van der Waals surface area contributed by atoms with E-state index in [9.17, 15) is 20.4 Å². The van der Waals surface area contributed by atoms with Crippen molar-refractivity contribution in [1.82, 2.24) is 0 Å². The maximum Gasteiger partial charge on any atom is 0.164 e. The fraction of sp³-hybridized carbons (Fsp3) is 1.00. The van der Waals surface area contributed by atoms with Crippen LogP contribution in [0.5, 0.6) is 0 Å². The predicted molar refractivity (Wildman–Crippen MR) is 124 cm³/mol. The average molecular weight is 457 g/mol. The molecule has 0 radical (unpaired) electrons. The van der Waals surface area contributed by atoms with Crippen molar-refractivity contribution < 1.29 is 41.2 Å². The Labute approximate surface area is 191 Å². The van der Waals surface area contributed by atoms with Gasteiger partial charge in [-0.1, -0.05) is 49.0 Å². The van der Waals surface area contributed by atoms with Gasteiger partial charge < -0.3 is 39.7 Å². The Hall–Kier alpha value is -0.320. The molecule has 1 heterocycles. The molecule has 1 aliphatic heterocycles. The number of aliphatic hydroxyl groups is 5. The van der Waals surface area contributed by atoms with Gasteiger partial charge in [-0.25, -0.2) is 0 Å². The Kier molecular flexibility index (Phi) is 15.6. The summed E-state index contributed by atoms with van der Waals surface area (Å²) in [7, 11) is 0. The molecule has 1 saturated heterocycles. The molecule has 8 nitrogen and oxygen atoms in total. The van der Waals surface area contributed by atoms with Crippen LogP contribution < -0.4 is 0 Å². The summed E-state index contributed by atoms with van der Waals surface area (Å²) in [5, 5.41) is 45.8. The standard InChI is InChI=1S/C11H22O4.C11H24O4.CH4.H2/c1-4-11(6-13)7-14-9(15-8-11)10(2,3)5-12;1-4-11(6-13,7-14)9-15-8-10(2,3)5-12;;/h9,12-13H,4-8H2,1-3H3;12-14H,4-9H2,1-3H3;1H4;1H. The van der Waals surface area contributed by atoms with Crippen LogP contribution in [0.1, 0.15) is 63.2 Å². The summed E-state index contributed by atoms with van der Waals surface area (Å²) < 4.78 is 16.6. The van der Waals surface area contributed by atoms with Crippen LogP contribution >= 0.6 is 0 Å². The highest BCUT2D eigenvalue weighted by molar-refractivity contribution is 4.83. The molecule has 0 aromatic carbocycles. The second kappa shape index (κ2) is 14.8. The third-order valence-corrected chi connectivity index (χ3v) is 5.96. The second-order valence-electron chi connectivity index (χ2n) is 10.1. The van der Waals surface area contributed by atoms with Gasteiger partial charge in [-0.15, -0.1) is 0 Å². The molecule has 0 saturated carbocycles. The third kappa shape index (κ3) is 10.4. The third-order valence-electron chi connectivity index (χ3n) is 5.96. The van der Waals surface area contributed by atoms with E-state index < -0.39 is 10.8 Å². The van der Waals surface area contributed by atoms with Crippen molar-refractivity contribution in [1.29, 1.82) is 0 Å². The van der Waals surface area contributed by atoms with Crippen LogP contribution in [0.4, 0.5) is 0 Å². The summed E-state index contributed by atoms with van der Waals surface area (Å²) in [4.78, 5) is 0. The number of hydrogen-bond acceptors (Lipinski definition) is 8. The molecule has 5 N–H and O–H groups in total. The van der Waals surface area contributed by atoms with Crippen LogP contribution in [0, 0.1) is 21.7 Å². The van der Waals surface area contributed by atoms with Gasteiger partial charge in [-0.3, -0.25) is 0 Å². The molecule has 0 aromatic rings. The summed E-state index contributed by atoms with van der Waals surface area (Å²) in [6.07, 6.45) is 1.11. The van der Waals surface area contributed by atoms with E-state index in [1.165, 1.54) is 0 Å². The van der Waals surface area contributed by atoms with Crippen molar-refractivity contribution in [2.45, 2.75) is 68.1 Å². The molecule has 0 atom stereocenters. The Morgan fingerprint density at radius 1 is 0.871 bits per heavy atom. The zero-order valence-electron chi connectivity index (χ0n) is 19.8. The zero-order chi connectivity index (χ0) is 23.5. The molecule has 1 aliphatic rings. The summed E-state index contributed by atoms with van der Waals surface area (Å²) in [6.45, 7) is 13.2. The Morgan fingerprint density at radius 3 is 1.71 bits per heavy atom. The zero-order valence-corrected chi connectivity index (χ0v) is 19.8. The quantitative estimate of drug-likeness (QED) is 0.302. The van der Waals surface area contributed by atoms with Crippen molar-refractivity contribution in [3.05, 3.63) is 0 Å². The van der Waals surface area contributed by atoms with E-state index in [2.05, 4.69) is 0 Å². The number of ether oxygens (including phenoxy) is 3. The molecule has 0 aliphatic carbocycles. The second-order valence-corrected chi connectivity index (χ2v) is 10.1. The lowest BCUT2D eigenvalue weighted by Crippen LogP contribution is -2.49. The molecular formula is C23H52O8. The molecule has 0 spiro atoms. The van der Waals surface area contributed by atoms with Crippen LogP contribution in [-0.4, -0.2) is 91.3 Å². The highest BCUT2D eigenvalue weighted by Gasteiger charge is 2.40. The van der Waals surface area contributed by atoms with Gasteiger partial charge in [0.25, 0.3) is 0 Å². The number of rotatable bonds is 12. The Bertz CT molecular complexity index is 418. The van der Waals surface area contributed by atoms with Crippen LogP contribution in [0.3, 0.4) is 0 Å². The topological polar surface area (TPSA) is 129 Å². The SMILES string of the molecule is C.CCC(CO)(CO)COCC(C)(C)CO.CCC1(CO)COC(C(C)(C)CO)OC1.[HH]. The van der Waals surface area contributed by atoms with E-state index in [1.54, 1.807) is 0 Å². The van der Waals surface area contributed by atoms with E-state index >= 15 is 0 Å². The molecule has 1 rings (SSSR count). The van der Waals surface area contributed by atoms with Crippen LogP contribution in [-0.2, 0) is 14.2 Å². The van der Waals surface area contributed by atoms with Gasteiger partial charge in [0.1, 0.15) is 0 Å². The lowest BCUT2D eigenvalue weighted by Gasteiger charge is -2.43. The fourth-order valence-corrected chi connectivity index (χ4v) is 2.58. The van der Waals surface area contributed by atoms with Gasteiger partial charge in [-0.2, -0.15) is 0 Å². The summed E-state index contributed by atoms with van der Waals surface area (Å²) >= 11 is 0. The average Bonchev–Trinajstić information content (AvgIpc) is 2.77. The van der Waals surface area contributed by atoms with Gasteiger partial charge in [0.05, 0.1) is 59.5 Å². The highest BCUT2D eigenvalue weighted by Crippen LogP contribution is 2.34. The van der Waals surface area contributed by atoms with E-state index in [-0.39, 0.29) is 59.0 Å². The summed E-state index contributed by atoms with van der Waals surface area (Å²) in [5.41, 5.74) is -1.48. The van der Waals surface area contributed by atoms with E-state index in [0.717, 1.165) is 6.42 Å². The van der Waals surface area contributed by atoms with Crippen molar-refractivity contribution in [2.75, 3.05) is 59.5 Å². The molecular weight excluding hydrogens is 404 g/mol. The van der Waals surface area contributed by atoms with Crippen LogP contribution in [0.15, 0.2) is 0 Å². The minimum Gasteiger partial charge on any atom is -0.396 e. The van der Waals surface area contributed by atoms with Gasteiger partial charge in [0, 0.05) is 23.1 Å². The Morgan fingerprint density at radius 2 is 1.39 bits per heavy atom. The lowest BCUT2D eigenvalue weighted by molar-refractivity contribution is -0.279. The van der Waals surface area contributed by atoms with Gasteiger partial charge >= 0.3 is 0 Å². The molecule has 192 valence electrons. The normalized spacial score (nSPS) is 22.4. The molecule has 1 fully saturated rings. The first-order valence-corrected chi connectivity index (χ1v) is 10.8. The minimum absolute atomic E-state index is 0. The van der Waals surface area contributed by atoms with E-state index in [0.29, 0.717) is 32.8 Å². The van der Waals surface area contributed by atoms with Crippen LogP contribution in [0.2, 0.25) is 0 Å². The molecule has 8 heteroatoms. The Balaban J connectivity index is -0.000000495. The molecule has 0 bridgehead atoms. The smallest absolute Gasteiger partial charge is 0.164 e.